The van der Waals surface area contributed by atoms with Gasteiger partial charge in [0.25, 0.3) is 10.0 Å². The van der Waals surface area contributed by atoms with E-state index in [-0.39, 0.29) is 16.3 Å². The molecule has 2 aromatic carbocycles. The van der Waals surface area contributed by atoms with Crippen molar-refractivity contribution in [2.75, 3.05) is 14.8 Å². The highest BCUT2D eigenvalue weighted by Gasteiger charge is 2.50. The van der Waals surface area contributed by atoms with E-state index in [4.69, 9.17) is 0 Å². The summed E-state index contributed by atoms with van der Waals surface area (Å²) in [5.74, 6) is -0.821. The number of rotatable bonds is 4. The lowest BCUT2D eigenvalue weighted by atomic mass is 9.95. The third-order valence-electron chi connectivity index (χ3n) is 4.36. The fraction of sp³-hybridized carbons (Fsp3) is 0.278. The molecule has 0 aliphatic carbocycles. The molecule has 1 N–H and O–H groups in total. The van der Waals surface area contributed by atoms with Gasteiger partial charge < -0.3 is 0 Å². The summed E-state index contributed by atoms with van der Waals surface area (Å²) in [5, 5.41) is 0. The summed E-state index contributed by atoms with van der Waals surface area (Å²) in [6.45, 7) is 4.69. The summed E-state index contributed by atoms with van der Waals surface area (Å²) in [6, 6.07) is 10.7. The second kappa shape index (κ2) is 6.85. The molecule has 0 unspecified atom stereocenters. The zero-order valence-corrected chi connectivity index (χ0v) is 18.7. The zero-order valence-electron chi connectivity index (χ0n) is 15.4. The first-order valence-electron chi connectivity index (χ1n) is 8.30. The van der Waals surface area contributed by atoms with E-state index in [2.05, 4.69) is 20.7 Å². The van der Waals surface area contributed by atoms with E-state index in [1.54, 1.807) is 45.0 Å². The number of sulfonamides is 2. The lowest BCUT2D eigenvalue weighted by Crippen LogP contribution is -2.33. The number of nitrogens with zero attached hydrogens (tertiary/aromatic N) is 1. The van der Waals surface area contributed by atoms with E-state index in [1.165, 1.54) is 18.2 Å². The Morgan fingerprint density at radius 2 is 1.71 bits per heavy atom. The average molecular weight is 487 g/mol. The summed E-state index contributed by atoms with van der Waals surface area (Å²) < 4.78 is 54.3. The van der Waals surface area contributed by atoms with Gasteiger partial charge in [0.05, 0.1) is 21.8 Å². The molecule has 1 heterocycles. The van der Waals surface area contributed by atoms with E-state index in [0.717, 1.165) is 8.78 Å². The Morgan fingerprint density at radius 3 is 2.21 bits per heavy atom. The van der Waals surface area contributed by atoms with Gasteiger partial charge in [-0.25, -0.2) is 21.1 Å². The van der Waals surface area contributed by atoms with Crippen LogP contribution in [-0.4, -0.2) is 28.5 Å². The van der Waals surface area contributed by atoms with Gasteiger partial charge in [-0.15, -0.1) is 0 Å². The zero-order chi connectivity index (χ0) is 20.9. The highest BCUT2D eigenvalue weighted by molar-refractivity contribution is 9.10. The third-order valence-corrected chi connectivity index (χ3v) is 8.45. The van der Waals surface area contributed by atoms with Crippen molar-refractivity contribution < 1.29 is 21.6 Å². The Bertz CT molecular complexity index is 1160. The molecular formula is C18H19BrN2O5S2. The number of benzene rings is 2. The summed E-state index contributed by atoms with van der Waals surface area (Å²) in [7, 11) is -7.68. The van der Waals surface area contributed by atoms with Crippen molar-refractivity contribution in [2.24, 2.45) is 5.41 Å². The maximum atomic E-state index is 12.7. The molecule has 7 nitrogen and oxygen atoms in total. The number of amides is 1. The lowest BCUT2D eigenvalue weighted by molar-refractivity contribution is -0.123. The smallest absolute Gasteiger partial charge is 0.262 e. The van der Waals surface area contributed by atoms with Crippen LogP contribution in [0, 0.1) is 12.3 Å². The van der Waals surface area contributed by atoms with E-state index in [1.807, 2.05) is 0 Å². The third kappa shape index (κ3) is 3.81. The van der Waals surface area contributed by atoms with E-state index < -0.39 is 31.4 Å². The topological polar surface area (TPSA) is 101 Å². The first-order valence-corrected chi connectivity index (χ1v) is 12.2. The van der Waals surface area contributed by atoms with Gasteiger partial charge in [0, 0.05) is 10.2 Å². The SMILES string of the molecule is Cc1cc(N2C(=O)C(C)(C)CS2(=O)=O)ccc1S(=O)(=O)Nc1ccc(Br)cc1. The van der Waals surface area contributed by atoms with Gasteiger partial charge in [-0.3, -0.25) is 9.52 Å². The molecule has 0 atom stereocenters. The summed E-state index contributed by atoms with van der Waals surface area (Å²) >= 11 is 3.29. The molecule has 0 bridgehead atoms. The molecule has 0 radical (unpaired) electrons. The van der Waals surface area contributed by atoms with Crippen LogP contribution in [0.2, 0.25) is 0 Å². The Balaban J connectivity index is 1.96. The average Bonchev–Trinajstić information content (AvgIpc) is 2.72. The normalized spacial score (nSPS) is 18.3. The molecule has 10 heteroatoms. The number of anilines is 2. The molecule has 1 saturated heterocycles. The van der Waals surface area contributed by atoms with Crippen LogP contribution in [0.5, 0.6) is 0 Å². The van der Waals surface area contributed by atoms with Crippen LogP contribution in [0.15, 0.2) is 51.8 Å². The van der Waals surface area contributed by atoms with Crippen LogP contribution in [0.25, 0.3) is 0 Å². The van der Waals surface area contributed by atoms with Gasteiger partial charge in [0.1, 0.15) is 0 Å². The monoisotopic (exact) mass is 486 g/mol. The number of aryl methyl sites for hydroxylation is 1. The van der Waals surface area contributed by atoms with Gasteiger partial charge in [0.2, 0.25) is 15.9 Å². The molecular weight excluding hydrogens is 468 g/mol. The van der Waals surface area contributed by atoms with Gasteiger partial charge in [-0.2, -0.15) is 0 Å². The van der Waals surface area contributed by atoms with Crippen molar-refractivity contribution in [1.82, 2.24) is 0 Å². The van der Waals surface area contributed by atoms with Gasteiger partial charge in [0.15, 0.2) is 0 Å². The van der Waals surface area contributed by atoms with Crippen molar-refractivity contribution in [1.29, 1.82) is 0 Å². The van der Waals surface area contributed by atoms with Crippen LogP contribution < -0.4 is 9.03 Å². The molecule has 28 heavy (non-hydrogen) atoms. The van der Waals surface area contributed by atoms with Crippen molar-refractivity contribution in [3.8, 4) is 0 Å². The Morgan fingerprint density at radius 1 is 1.11 bits per heavy atom. The summed E-state index contributed by atoms with van der Waals surface area (Å²) in [5.41, 5.74) is -0.170. The van der Waals surface area contributed by atoms with Crippen LogP contribution in [0.3, 0.4) is 0 Å². The van der Waals surface area contributed by atoms with E-state index >= 15 is 0 Å². The second-order valence-corrected chi connectivity index (χ2v) is 11.7. The van der Waals surface area contributed by atoms with Crippen molar-refractivity contribution in [2.45, 2.75) is 25.7 Å². The molecule has 0 aromatic heterocycles. The van der Waals surface area contributed by atoms with Crippen LogP contribution in [0.1, 0.15) is 19.4 Å². The van der Waals surface area contributed by atoms with Gasteiger partial charge >= 0.3 is 0 Å². The number of nitrogens with one attached hydrogen (secondary N) is 1. The van der Waals surface area contributed by atoms with Crippen LogP contribution in [-0.2, 0) is 24.8 Å². The van der Waals surface area contributed by atoms with Crippen molar-refractivity contribution in [3.63, 3.8) is 0 Å². The molecule has 2 aromatic rings. The molecule has 3 rings (SSSR count). The van der Waals surface area contributed by atoms with Crippen LogP contribution >= 0.6 is 15.9 Å². The first-order chi connectivity index (χ1) is 12.8. The second-order valence-electron chi connectivity index (χ2n) is 7.27. The Hall–Kier alpha value is -1.91. The fourth-order valence-electron chi connectivity index (χ4n) is 3.05. The number of hydrogen-bond donors (Lipinski definition) is 1. The minimum absolute atomic E-state index is 0.00229. The molecule has 0 saturated carbocycles. The maximum Gasteiger partial charge on any atom is 0.262 e. The predicted molar refractivity (Wildman–Crippen MR) is 111 cm³/mol. The molecule has 1 aliphatic rings. The number of halogens is 1. The maximum absolute atomic E-state index is 12.7. The predicted octanol–water partition coefficient (Wildman–Crippen LogP) is 3.26. The van der Waals surface area contributed by atoms with Crippen molar-refractivity contribution >= 4 is 53.3 Å². The van der Waals surface area contributed by atoms with E-state index in [9.17, 15) is 21.6 Å². The van der Waals surface area contributed by atoms with Gasteiger partial charge in [-0.05, 0) is 68.8 Å². The molecule has 150 valence electrons. The molecule has 0 spiro atoms. The molecule has 1 aliphatic heterocycles. The number of carbonyl (C=O) groups excluding carboxylic acids is 1. The minimum Gasteiger partial charge on any atom is -0.280 e. The van der Waals surface area contributed by atoms with Crippen molar-refractivity contribution in [3.05, 3.63) is 52.5 Å². The Kier molecular flexibility index (Phi) is 5.10. The van der Waals surface area contributed by atoms with Gasteiger partial charge in [-0.1, -0.05) is 15.9 Å². The summed E-state index contributed by atoms with van der Waals surface area (Å²) in [6.07, 6.45) is 0. The largest absolute Gasteiger partial charge is 0.280 e. The first kappa shape index (κ1) is 20.8. The highest BCUT2D eigenvalue weighted by Crippen LogP contribution is 2.36. The standard InChI is InChI=1S/C18H19BrN2O5S2/c1-12-10-15(21-17(22)18(2,3)11-27(21,23)24)8-9-16(12)28(25,26)20-14-6-4-13(19)5-7-14/h4-10,20H,11H2,1-3H3. The quantitative estimate of drug-likeness (QED) is 0.714. The number of carbonyl (C=O) groups is 1. The van der Waals surface area contributed by atoms with E-state index in [0.29, 0.717) is 11.3 Å². The summed E-state index contributed by atoms with van der Waals surface area (Å²) in [4.78, 5) is 12.5. The molecule has 1 fully saturated rings. The number of hydrogen-bond acceptors (Lipinski definition) is 5. The van der Waals surface area contributed by atoms with Crippen LogP contribution in [0.4, 0.5) is 11.4 Å². The minimum atomic E-state index is -3.88. The molecule has 1 amide bonds. The Labute approximate surface area is 173 Å². The fourth-order valence-corrected chi connectivity index (χ4v) is 6.70. The lowest BCUT2D eigenvalue weighted by Gasteiger charge is -2.19. The highest BCUT2D eigenvalue weighted by atomic mass is 79.9.